The quantitative estimate of drug-likeness (QED) is 0.828. The van der Waals surface area contributed by atoms with Gasteiger partial charge in [-0.2, -0.15) is 0 Å². The van der Waals surface area contributed by atoms with Crippen molar-refractivity contribution in [3.63, 3.8) is 0 Å². The fraction of sp³-hybridized carbons (Fsp3) is 0.455. The lowest BCUT2D eigenvalue weighted by Crippen LogP contribution is -2.26. The molecule has 2 N–H and O–H groups in total. The molecule has 1 aromatic rings. The molecule has 0 heterocycles. The molecule has 0 aliphatic rings. The highest BCUT2D eigenvalue weighted by atomic mass is 35.5. The minimum atomic E-state index is -0.00176. The van der Waals surface area contributed by atoms with Gasteiger partial charge in [-0.25, -0.2) is 0 Å². The van der Waals surface area contributed by atoms with Gasteiger partial charge in [-0.15, -0.1) is 11.8 Å². The fourth-order valence-corrected chi connectivity index (χ4v) is 2.29. The predicted molar refractivity (Wildman–Crippen MR) is 67.0 cm³/mol. The number of benzene rings is 1. The Morgan fingerprint density at radius 2 is 2.13 bits per heavy atom. The molecule has 0 radical (unpaired) electrons. The molecule has 0 spiro atoms. The van der Waals surface area contributed by atoms with E-state index in [-0.39, 0.29) is 4.75 Å². The van der Waals surface area contributed by atoms with Crippen LogP contribution in [0.3, 0.4) is 0 Å². The van der Waals surface area contributed by atoms with E-state index in [9.17, 15) is 0 Å². The highest BCUT2D eigenvalue weighted by molar-refractivity contribution is 8.00. The van der Waals surface area contributed by atoms with Gasteiger partial charge in [0.05, 0.1) is 12.1 Å². The third-order valence-electron chi connectivity index (χ3n) is 2.02. The molecule has 0 fully saturated rings. The van der Waals surface area contributed by atoms with Crippen LogP contribution in [0.25, 0.3) is 0 Å². The van der Waals surface area contributed by atoms with Crippen molar-refractivity contribution in [2.75, 3.05) is 13.7 Å². The number of ether oxygens (including phenoxy) is 1. The Morgan fingerprint density at radius 3 is 2.60 bits per heavy atom. The summed E-state index contributed by atoms with van der Waals surface area (Å²) in [5, 5.41) is 0.709. The lowest BCUT2D eigenvalue weighted by Gasteiger charge is -2.22. The highest BCUT2D eigenvalue weighted by Gasteiger charge is 2.18. The second-order valence-corrected chi connectivity index (χ2v) is 6.02. The molecule has 0 aromatic heterocycles. The van der Waals surface area contributed by atoms with Gasteiger partial charge in [0.25, 0.3) is 0 Å². The van der Waals surface area contributed by atoms with Gasteiger partial charge in [0.1, 0.15) is 5.75 Å². The first-order chi connectivity index (χ1) is 6.98. The molecule has 0 aliphatic carbocycles. The van der Waals surface area contributed by atoms with Crippen LogP contribution in [0.15, 0.2) is 23.1 Å². The van der Waals surface area contributed by atoms with Crippen LogP contribution >= 0.6 is 23.4 Å². The average Bonchev–Trinajstić information content (AvgIpc) is 2.21. The summed E-state index contributed by atoms with van der Waals surface area (Å²) in [6, 6.07) is 5.68. The van der Waals surface area contributed by atoms with E-state index in [1.54, 1.807) is 18.9 Å². The molecule has 4 heteroatoms. The van der Waals surface area contributed by atoms with Gasteiger partial charge in [0, 0.05) is 16.2 Å². The number of halogens is 1. The van der Waals surface area contributed by atoms with Crippen molar-refractivity contribution < 1.29 is 4.74 Å². The van der Waals surface area contributed by atoms with Gasteiger partial charge < -0.3 is 10.5 Å². The van der Waals surface area contributed by atoms with Crippen LogP contribution in [0.2, 0.25) is 5.02 Å². The van der Waals surface area contributed by atoms with Crippen LogP contribution in [0.1, 0.15) is 13.8 Å². The Kier molecular flexibility index (Phi) is 4.32. The predicted octanol–water partition coefficient (Wildman–Crippen LogP) is 3.18. The molecule has 0 saturated carbocycles. The summed E-state index contributed by atoms with van der Waals surface area (Å²) in [6.07, 6.45) is 0. The molecule has 0 atom stereocenters. The van der Waals surface area contributed by atoms with E-state index in [0.717, 1.165) is 10.6 Å². The zero-order chi connectivity index (χ0) is 11.5. The van der Waals surface area contributed by atoms with E-state index in [1.165, 1.54) is 0 Å². The maximum Gasteiger partial charge on any atom is 0.120 e. The van der Waals surface area contributed by atoms with E-state index < -0.39 is 0 Å². The van der Waals surface area contributed by atoms with E-state index >= 15 is 0 Å². The molecule has 2 nitrogen and oxygen atoms in total. The first-order valence-electron chi connectivity index (χ1n) is 4.71. The minimum absolute atomic E-state index is 0.00176. The maximum absolute atomic E-state index is 6.13. The molecular formula is C11H16ClNOS. The summed E-state index contributed by atoms with van der Waals surface area (Å²) in [6.45, 7) is 4.80. The molecule has 0 saturated heterocycles. The van der Waals surface area contributed by atoms with E-state index in [1.807, 2.05) is 18.2 Å². The average molecular weight is 246 g/mol. The minimum Gasteiger partial charge on any atom is -0.497 e. The number of rotatable bonds is 4. The first-order valence-corrected chi connectivity index (χ1v) is 5.90. The van der Waals surface area contributed by atoms with Gasteiger partial charge in [0.2, 0.25) is 0 Å². The van der Waals surface area contributed by atoms with Gasteiger partial charge >= 0.3 is 0 Å². The van der Waals surface area contributed by atoms with E-state index in [2.05, 4.69) is 13.8 Å². The smallest absolute Gasteiger partial charge is 0.120 e. The van der Waals surface area contributed by atoms with E-state index in [4.69, 9.17) is 22.1 Å². The summed E-state index contributed by atoms with van der Waals surface area (Å²) in [7, 11) is 1.63. The molecule has 0 unspecified atom stereocenters. The molecule has 0 aliphatic heterocycles. The number of thioether (sulfide) groups is 1. The topological polar surface area (TPSA) is 35.2 Å². The molecule has 1 aromatic carbocycles. The third kappa shape index (κ3) is 3.59. The summed E-state index contributed by atoms with van der Waals surface area (Å²) in [5.74, 6) is 0.773. The largest absolute Gasteiger partial charge is 0.497 e. The summed E-state index contributed by atoms with van der Waals surface area (Å²) in [4.78, 5) is 1.04. The zero-order valence-corrected chi connectivity index (χ0v) is 10.8. The zero-order valence-electron chi connectivity index (χ0n) is 9.21. The fourth-order valence-electron chi connectivity index (χ4n) is 1.03. The Labute approximate surface area is 100 Å². The van der Waals surface area contributed by atoms with Crippen LogP contribution in [-0.2, 0) is 0 Å². The van der Waals surface area contributed by atoms with Gasteiger partial charge in [-0.05, 0) is 32.0 Å². The van der Waals surface area contributed by atoms with Gasteiger partial charge in [-0.1, -0.05) is 11.6 Å². The lowest BCUT2D eigenvalue weighted by atomic mass is 10.2. The van der Waals surface area contributed by atoms with Crippen LogP contribution < -0.4 is 10.5 Å². The van der Waals surface area contributed by atoms with Crippen LogP contribution in [0.4, 0.5) is 0 Å². The number of hydrogen-bond donors (Lipinski definition) is 1. The summed E-state index contributed by atoms with van der Waals surface area (Å²) >= 11 is 7.81. The van der Waals surface area contributed by atoms with Crippen LogP contribution in [-0.4, -0.2) is 18.4 Å². The van der Waals surface area contributed by atoms with Crippen molar-refractivity contribution in [1.29, 1.82) is 0 Å². The van der Waals surface area contributed by atoms with Gasteiger partial charge in [-0.3, -0.25) is 0 Å². The van der Waals surface area contributed by atoms with Crippen LogP contribution in [0.5, 0.6) is 5.75 Å². The molecule has 15 heavy (non-hydrogen) atoms. The number of nitrogens with two attached hydrogens (primary N) is 1. The molecule has 1 rings (SSSR count). The maximum atomic E-state index is 6.13. The van der Waals surface area contributed by atoms with Gasteiger partial charge in [0.15, 0.2) is 0 Å². The SMILES string of the molecule is COc1ccc(SC(C)(C)CN)c(Cl)c1. The second kappa shape index (κ2) is 5.10. The van der Waals surface area contributed by atoms with Crippen molar-refractivity contribution in [3.8, 4) is 5.75 Å². The number of hydrogen-bond acceptors (Lipinski definition) is 3. The molecule has 0 bridgehead atoms. The highest BCUT2D eigenvalue weighted by Crippen LogP contribution is 2.37. The van der Waals surface area contributed by atoms with E-state index in [0.29, 0.717) is 11.6 Å². The van der Waals surface area contributed by atoms with Crippen molar-refractivity contribution in [1.82, 2.24) is 0 Å². The lowest BCUT2D eigenvalue weighted by molar-refractivity contribution is 0.414. The molecule has 84 valence electrons. The van der Waals surface area contributed by atoms with Crippen molar-refractivity contribution in [2.45, 2.75) is 23.5 Å². The van der Waals surface area contributed by atoms with Crippen LogP contribution in [0, 0.1) is 0 Å². The Balaban J connectivity index is 2.87. The Morgan fingerprint density at radius 1 is 1.47 bits per heavy atom. The molecular weight excluding hydrogens is 230 g/mol. The second-order valence-electron chi connectivity index (χ2n) is 3.86. The third-order valence-corrected chi connectivity index (χ3v) is 3.74. The first kappa shape index (κ1) is 12.7. The Bertz CT molecular complexity index is 341. The standard InChI is InChI=1S/C11H16ClNOS/c1-11(2,7-13)15-10-5-4-8(14-3)6-9(10)12/h4-6H,7,13H2,1-3H3. The number of methoxy groups -OCH3 is 1. The Hall–Kier alpha value is -0.380. The van der Waals surface area contributed by atoms with Crippen molar-refractivity contribution in [2.24, 2.45) is 5.73 Å². The summed E-state index contributed by atoms with van der Waals surface area (Å²) in [5.41, 5.74) is 5.67. The monoisotopic (exact) mass is 245 g/mol. The normalized spacial score (nSPS) is 11.5. The molecule has 0 amide bonds. The summed E-state index contributed by atoms with van der Waals surface area (Å²) < 4.78 is 5.09. The van der Waals surface area contributed by atoms with Crippen molar-refractivity contribution in [3.05, 3.63) is 23.2 Å². The van der Waals surface area contributed by atoms with Crippen molar-refractivity contribution >= 4 is 23.4 Å².